The van der Waals surface area contributed by atoms with Crippen molar-refractivity contribution in [3.05, 3.63) is 0 Å². The largest absolute Gasteiger partial charge is 0.374 e. The Labute approximate surface area is 215 Å². The highest BCUT2D eigenvalue weighted by Crippen LogP contribution is 2.13. The summed E-state index contributed by atoms with van der Waals surface area (Å²) in [6.07, 6.45) is 32.6. The zero-order chi connectivity index (χ0) is 25.0. The van der Waals surface area contributed by atoms with Crippen molar-refractivity contribution in [2.45, 2.75) is 187 Å². The van der Waals surface area contributed by atoms with Crippen LogP contribution in [0.5, 0.6) is 0 Å². The topological polar surface area (TPSA) is 44.5 Å². The highest BCUT2D eigenvalue weighted by Gasteiger charge is 2.13. The average Bonchev–Trinajstić information content (AvgIpc) is 2.84. The second kappa shape index (κ2) is 29.1. The molecule has 0 aliphatic rings. The molecule has 2 atom stereocenters. The van der Waals surface area contributed by atoms with Crippen molar-refractivity contribution < 1.29 is 9.47 Å². The molecule has 0 saturated heterocycles. The molecule has 0 amide bonds. The lowest BCUT2D eigenvalue weighted by atomic mass is 10.1. The van der Waals surface area contributed by atoms with E-state index in [0.29, 0.717) is 0 Å². The molecule has 0 bridgehead atoms. The van der Waals surface area contributed by atoms with Gasteiger partial charge in [0.05, 0.1) is 6.10 Å². The molecule has 0 heterocycles. The second-order valence-corrected chi connectivity index (χ2v) is 10.7. The van der Waals surface area contributed by atoms with Crippen LogP contribution < -0.4 is 5.73 Å². The Morgan fingerprint density at radius 2 is 0.676 bits per heavy atom. The molecule has 2 N–H and O–H groups in total. The van der Waals surface area contributed by atoms with Gasteiger partial charge in [-0.15, -0.1) is 0 Å². The summed E-state index contributed by atoms with van der Waals surface area (Å²) in [6, 6.07) is 0. The number of ether oxygens (including phenoxy) is 2. The molecule has 0 aliphatic heterocycles. The first-order valence-corrected chi connectivity index (χ1v) is 15.7. The smallest absolute Gasteiger partial charge is 0.131 e. The number of rotatable bonds is 29. The second-order valence-electron chi connectivity index (χ2n) is 10.7. The Hall–Kier alpha value is -0.120. The highest BCUT2D eigenvalue weighted by atomic mass is 16.5. The van der Waals surface area contributed by atoms with E-state index in [1.54, 1.807) is 0 Å². The lowest BCUT2D eigenvalue weighted by Gasteiger charge is -2.21. The lowest BCUT2D eigenvalue weighted by molar-refractivity contribution is -0.0635. The van der Waals surface area contributed by atoms with Crippen molar-refractivity contribution in [3.63, 3.8) is 0 Å². The van der Waals surface area contributed by atoms with Gasteiger partial charge in [-0.2, -0.15) is 0 Å². The lowest BCUT2D eigenvalue weighted by Crippen LogP contribution is -2.37. The van der Waals surface area contributed by atoms with E-state index in [0.717, 1.165) is 26.1 Å². The molecule has 34 heavy (non-hydrogen) atoms. The summed E-state index contributed by atoms with van der Waals surface area (Å²) in [7, 11) is 0. The third-order valence-electron chi connectivity index (χ3n) is 7.15. The van der Waals surface area contributed by atoms with Gasteiger partial charge in [0.15, 0.2) is 0 Å². The predicted molar refractivity (Wildman–Crippen MR) is 151 cm³/mol. The molecule has 3 nitrogen and oxygen atoms in total. The predicted octanol–water partition coefficient (Wildman–Crippen LogP) is 10.1. The van der Waals surface area contributed by atoms with Gasteiger partial charge in [-0.3, -0.25) is 0 Å². The number of unbranched alkanes of at least 4 members (excludes halogenated alkanes) is 22. The van der Waals surface area contributed by atoms with E-state index in [1.165, 1.54) is 141 Å². The van der Waals surface area contributed by atoms with Gasteiger partial charge in [-0.1, -0.05) is 155 Å². The van der Waals surface area contributed by atoms with E-state index in [-0.39, 0.29) is 12.3 Å². The number of hydrogen-bond acceptors (Lipinski definition) is 3. The summed E-state index contributed by atoms with van der Waals surface area (Å²) >= 11 is 0. The standard InChI is InChI=1S/C31H65NO2/c1-4-6-8-10-12-14-16-18-20-22-24-26-28-33-30(3)31(32)34-29-27-25-23-21-19-17-15-13-11-9-7-5-2/h30-31H,4-29,32H2,1-3H3. The van der Waals surface area contributed by atoms with Crippen molar-refractivity contribution in [3.8, 4) is 0 Å². The zero-order valence-corrected chi connectivity index (χ0v) is 23.9. The molecule has 3 heteroatoms. The normalized spacial score (nSPS) is 13.4. The van der Waals surface area contributed by atoms with E-state index >= 15 is 0 Å². The van der Waals surface area contributed by atoms with E-state index < -0.39 is 0 Å². The van der Waals surface area contributed by atoms with Gasteiger partial charge in [0, 0.05) is 13.2 Å². The van der Waals surface area contributed by atoms with E-state index in [1.807, 2.05) is 6.92 Å². The maximum atomic E-state index is 6.16. The van der Waals surface area contributed by atoms with Gasteiger partial charge < -0.3 is 15.2 Å². The summed E-state index contributed by atoms with van der Waals surface area (Å²) < 4.78 is 11.7. The van der Waals surface area contributed by atoms with Crippen molar-refractivity contribution in [2.75, 3.05) is 13.2 Å². The Morgan fingerprint density at radius 1 is 0.412 bits per heavy atom. The molecule has 0 aliphatic carbocycles. The van der Waals surface area contributed by atoms with E-state index in [2.05, 4.69) is 13.8 Å². The minimum atomic E-state index is -0.287. The Morgan fingerprint density at radius 3 is 1.00 bits per heavy atom. The zero-order valence-electron chi connectivity index (χ0n) is 23.9. The molecule has 0 fully saturated rings. The fourth-order valence-electron chi connectivity index (χ4n) is 4.61. The van der Waals surface area contributed by atoms with Crippen LogP contribution in [0.1, 0.15) is 175 Å². The Bertz CT molecular complexity index is 329. The number of hydrogen-bond donors (Lipinski definition) is 1. The maximum absolute atomic E-state index is 6.16. The average molecular weight is 484 g/mol. The van der Waals surface area contributed by atoms with Crippen LogP contribution in [0.3, 0.4) is 0 Å². The molecular formula is C31H65NO2. The minimum absolute atomic E-state index is 0.00923. The molecule has 206 valence electrons. The quantitative estimate of drug-likeness (QED) is 0.0850. The molecule has 0 aromatic rings. The Balaban J connectivity index is 3.28. The van der Waals surface area contributed by atoms with Gasteiger partial charge in [-0.05, 0) is 19.8 Å². The molecular weight excluding hydrogens is 418 g/mol. The molecule has 0 radical (unpaired) electrons. The monoisotopic (exact) mass is 484 g/mol. The summed E-state index contributed by atoms with van der Waals surface area (Å²) in [5, 5.41) is 0. The van der Waals surface area contributed by atoms with Crippen LogP contribution in [0.15, 0.2) is 0 Å². The van der Waals surface area contributed by atoms with Crippen LogP contribution in [0.2, 0.25) is 0 Å². The van der Waals surface area contributed by atoms with Crippen LogP contribution in [0.25, 0.3) is 0 Å². The van der Waals surface area contributed by atoms with Gasteiger partial charge in [-0.25, -0.2) is 0 Å². The van der Waals surface area contributed by atoms with Crippen molar-refractivity contribution in [2.24, 2.45) is 5.73 Å². The summed E-state index contributed by atoms with van der Waals surface area (Å²) in [6.45, 7) is 8.20. The highest BCUT2D eigenvalue weighted by molar-refractivity contribution is 4.59. The first kappa shape index (κ1) is 33.9. The van der Waals surface area contributed by atoms with Crippen LogP contribution in [0, 0.1) is 0 Å². The van der Waals surface area contributed by atoms with Crippen molar-refractivity contribution in [1.29, 1.82) is 0 Å². The molecule has 0 rings (SSSR count). The fraction of sp³-hybridized carbons (Fsp3) is 1.00. The minimum Gasteiger partial charge on any atom is -0.374 e. The molecule has 2 unspecified atom stereocenters. The summed E-state index contributed by atoms with van der Waals surface area (Å²) in [4.78, 5) is 0. The van der Waals surface area contributed by atoms with Gasteiger partial charge in [0.2, 0.25) is 0 Å². The molecule has 0 aromatic heterocycles. The maximum Gasteiger partial charge on any atom is 0.131 e. The van der Waals surface area contributed by atoms with Crippen LogP contribution in [0.4, 0.5) is 0 Å². The first-order chi connectivity index (χ1) is 16.7. The summed E-state index contributed by atoms with van der Waals surface area (Å²) in [5.74, 6) is 0. The van der Waals surface area contributed by atoms with Crippen molar-refractivity contribution >= 4 is 0 Å². The van der Waals surface area contributed by atoms with E-state index in [4.69, 9.17) is 15.2 Å². The SMILES string of the molecule is CCCCCCCCCCCCCCOC(C)C(N)OCCCCCCCCCCCCCC. The van der Waals surface area contributed by atoms with Crippen LogP contribution in [-0.4, -0.2) is 25.5 Å². The van der Waals surface area contributed by atoms with Gasteiger partial charge >= 0.3 is 0 Å². The van der Waals surface area contributed by atoms with Gasteiger partial charge in [0.1, 0.15) is 6.23 Å². The third-order valence-corrected chi connectivity index (χ3v) is 7.15. The van der Waals surface area contributed by atoms with Gasteiger partial charge in [0.25, 0.3) is 0 Å². The number of nitrogens with two attached hydrogens (primary N) is 1. The molecule has 0 spiro atoms. The fourth-order valence-corrected chi connectivity index (χ4v) is 4.61. The van der Waals surface area contributed by atoms with Crippen LogP contribution in [-0.2, 0) is 9.47 Å². The third kappa shape index (κ3) is 26.5. The van der Waals surface area contributed by atoms with Crippen LogP contribution >= 0.6 is 0 Å². The Kier molecular flexibility index (Phi) is 29.0. The first-order valence-electron chi connectivity index (χ1n) is 15.7. The molecule has 0 saturated carbocycles. The molecule has 0 aromatic carbocycles. The van der Waals surface area contributed by atoms with Crippen molar-refractivity contribution in [1.82, 2.24) is 0 Å². The summed E-state index contributed by atoms with van der Waals surface area (Å²) in [5.41, 5.74) is 6.16. The van der Waals surface area contributed by atoms with E-state index in [9.17, 15) is 0 Å².